The molecule has 0 aliphatic carbocycles. The molecule has 3 aromatic rings. The van der Waals surface area contributed by atoms with Crippen LogP contribution in [-0.4, -0.2) is 65.8 Å². The smallest absolute Gasteiger partial charge is 0.245 e. The summed E-state index contributed by atoms with van der Waals surface area (Å²) in [5.74, 6) is -2.78. The number of benzene rings is 3. The Morgan fingerprint density at radius 1 is 0.894 bits per heavy atom. The fourth-order valence-corrected chi connectivity index (χ4v) is 5.19. The Bertz CT molecular complexity index is 1550. The van der Waals surface area contributed by atoms with Crippen molar-refractivity contribution < 1.29 is 23.6 Å². The molecule has 11 heteroatoms. The van der Waals surface area contributed by atoms with Crippen molar-refractivity contribution in [2.24, 2.45) is 17.2 Å². The number of amides is 4. The molecule has 0 heterocycles. The van der Waals surface area contributed by atoms with Crippen LogP contribution in [0.3, 0.4) is 0 Å². The fraction of sp³-hybridized carbons (Fsp3) is 0.389. The molecule has 0 aliphatic rings. The summed E-state index contributed by atoms with van der Waals surface area (Å²) in [6.45, 7) is 4.10. The lowest BCUT2D eigenvalue weighted by molar-refractivity contribution is -0.142. The largest absolute Gasteiger partial charge is 0.368 e. The number of nitrogens with zero attached hydrogens (tertiary/aromatic N) is 1. The van der Waals surface area contributed by atoms with Gasteiger partial charge in [0, 0.05) is 25.4 Å². The molecule has 0 spiro atoms. The van der Waals surface area contributed by atoms with E-state index >= 15 is 0 Å². The highest BCUT2D eigenvalue weighted by atomic mass is 19.1. The Morgan fingerprint density at radius 2 is 1.55 bits per heavy atom. The molecule has 0 saturated carbocycles. The summed E-state index contributed by atoms with van der Waals surface area (Å²) >= 11 is 0. The number of nitrogens with two attached hydrogens (primary N) is 3. The maximum absolute atomic E-state index is 14.2. The molecule has 3 atom stereocenters. The van der Waals surface area contributed by atoms with Crippen molar-refractivity contribution in [1.29, 1.82) is 0 Å². The summed E-state index contributed by atoms with van der Waals surface area (Å²) in [4.78, 5) is 54.5. The summed E-state index contributed by atoms with van der Waals surface area (Å²) in [7, 11) is 1.47. The van der Waals surface area contributed by atoms with E-state index in [1.807, 2.05) is 56.3 Å². The Hall–Kier alpha value is -4.61. The van der Waals surface area contributed by atoms with Gasteiger partial charge in [0.1, 0.15) is 23.9 Å². The van der Waals surface area contributed by atoms with E-state index < -0.39 is 53.1 Å². The molecule has 0 unspecified atom stereocenters. The third-order valence-corrected chi connectivity index (χ3v) is 7.85. The van der Waals surface area contributed by atoms with Gasteiger partial charge in [0.05, 0.1) is 0 Å². The van der Waals surface area contributed by atoms with E-state index in [-0.39, 0.29) is 19.3 Å². The SMILES string of the molecule is CN(C(=O)[C@@H](Cc1ccc2ccccc2c1)NC(=O)C=CCC(C)(C)N)[C@H](Cc1ccc(F)cc1)C(=O)N[C@@H](CCCCN)C(N)=O. The molecule has 0 aromatic heterocycles. The molecule has 252 valence electrons. The van der Waals surface area contributed by atoms with Crippen molar-refractivity contribution in [3.05, 3.63) is 95.8 Å². The van der Waals surface area contributed by atoms with Gasteiger partial charge in [0.15, 0.2) is 0 Å². The molecule has 0 saturated heterocycles. The lowest BCUT2D eigenvalue weighted by Crippen LogP contribution is -2.57. The Kier molecular flexibility index (Phi) is 13.6. The van der Waals surface area contributed by atoms with Gasteiger partial charge in [-0.3, -0.25) is 19.2 Å². The topological polar surface area (TPSA) is 174 Å². The zero-order valence-electron chi connectivity index (χ0n) is 27.4. The van der Waals surface area contributed by atoms with Gasteiger partial charge < -0.3 is 32.7 Å². The summed E-state index contributed by atoms with van der Waals surface area (Å²) in [6.07, 6.45) is 5.09. The highest BCUT2D eigenvalue weighted by molar-refractivity contribution is 5.96. The molecule has 3 aromatic carbocycles. The van der Waals surface area contributed by atoms with Crippen LogP contribution in [0.25, 0.3) is 10.8 Å². The van der Waals surface area contributed by atoms with E-state index in [0.717, 1.165) is 16.3 Å². The first-order valence-corrected chi connectivity index (χ1v) is 15.8. The number of primary amides is 1. The Balaban J connectivity index is 1.94. The van der Waals surface area contributed by atoms with Crippen LogP contribution in [0, 0.1) is 5.82 Å². The monoisotopic (exact) mass is 646 g/mol. The van der Waals surface area contributed by atoms with Crippen LogP contribution in [-0.2, 0) is 32.0 Å². The van der Waals surface area contributed by atoms with Crippen molar-refractivity contribution in [2.45, 2.75) is 76.0 Å². The van der Waals surface area contributed by atoms with E-state index in [0.29, 0.717) is 31.4 Å². The van der Waals surface area contributed by atoms with Crippen LogP contribution in [0.4, 0.5) is 4.39 Å². The van der Waals surface area contributed by atoms with Gasteiger partial charge in [-0.25, -0.2) is 4.39 Å². The van der Waals surface area contributed by atoms with E-state index in [1.54, 1.807) is 6.08 Å². The molecule has 0 bridgehead atoms. The number of rotatable bonds is 17. The van der Waals surface area contributed by atoms with Crippen LogP contribution in [0.2, 0.25) is 0 Å². The van der Waals surface area contributed by atoms with Gasteiger partial charge in [0.25, 0.3) is 0 Å². The van der Waals surface area contributed by atoms with Crippen LogP contribution in [0.1, 0.15) is 50.7 Å². The van der Waals surface area contributed by atoms with Gasteiger partial charge in [-0.05, 0) is 86.2 Å². The highest BCUT2D eigenvalue weighted by Gasteiger charge is 2.34. The number of likely N-dealkylation sites (N-methyl/N-ethyl adjacent to an activating group) is 1. The second kappa shape index (κ2) is 17.3. The number of hydrogen-bond acceptors (Lipinski definition) is 6. The van der Waals surface area contributed by atoms with Crippen LogP contribution < -0.4 is 27.8 Å². The molecule has 4 amide bonds. The van der Waals surface area contributed by atoms with Gasteiger partial charge in [-0.1, -0.05) is 60.7 Å². The minimum Gasteiger partial charge on any atom is -0.368 e. The van der Waals surface area contributed by atoms with Gasteiger partial charge in [0.2, 0.25) is 23.6 Å². The van der Waals surface area contributed by atoms with Crippen molar-refractivity contribution in [2.75, 3.05) is 13.6 Å². The average Bonchev–Trinajstić information content (AvgIpc) is 3.02. The second-order valence-corrected chi connectivity index (χ2v) is 12.6. The van der Waals surface area contributed by atoms with Crippen LogP contribution >= 0.6 is 0 Å². The number of hydrogen-bond donors (Lipinski definition) is 5. The summed E-state index contributed by atoms with van der Waals surface area (Å²) in [5.41, 5.74) is 18.1. The van der Waals surface area contributed by atoms with Crippen LogP contribution in [0.5, 0.6) is 0 Å². The standard InChI is InChI=1S/C36H47FN6O4/c1-36(2,40)19-8-12-32(44)41-30(22-25-13-16-26-9-4-5-10-27(26)21-25)35(47)43(3)31(23-24-14-17-28(37)18-15-24)34(46)42-29(33(39)45)11-6-7-20-38/h4-5,8-10,12-18,21,29-31H,6-7,11,19-20,22-23,38,40H2,1-3H3,(H2,39,45)(H,41,44)(H,42,46)/t29-,30+,31+/m0/s1. The number of nitrogens with one attached hydrogen (secondary N) is 2. The number of unbranched alkanes of at least 4 members (excludes halogenated alkanes) is 1. The molecular weight excluding hydrogens is 599 g/mol. The quantitative estimate of drug-likeness (QED) is 0.111. The number of fused-ring (bicyclic) bond motifs is 1. The maximum Gasteiger partial charge on any atom is 0.245 e. The molecule has 10 nitrogen and oxygen atoms in total. The van der Waals surface area contributed by atoms with E-state index in [1.165, 1.54) is 42.3 Å². The van der Waals surface area contributed by atoms with Gasteiger partial charge >= 0.3 is 0 Å². The van der Waals surface area contributed by atoms with Crippen molar-refractivity contribution in [3.8, 4) is 0 Å². The zero-order chi connectivity index (χ0) is 34.6. The minimum atomic E-state index is -1.12. The van der Waals surface area contributed by atoms with Crippen molar-refractivity contribution in [3.63, 3.8) is 0 Å². The molecule has 0 fully saturated rings. The number of halogens is 1. The molecule has 0 aliphatic heterocycles. The minimum absolute atomic E-state index is 0.0186. The molecule has 47 heavy (non-hydrogen) atoms. The zero-order valence-corrected chi connectivity index (χ0v) is 27.4. The third-order valence-electron chi connectivity index (χ3n) is 7.85. The third kappa shape index (κ3) is 11.9. The summed E-state index contributed by atoms with van der Waals surface area (Å²) in [5, 5.41) is 7.52. The first kappa shape index (κ1) is 36.9. The predicted octanol–water partition coefficient (Wildman–Crippen LogP) is 2.86. The summed E-state index contributed by atoms with van der Waals surface area (Å²) < 4.78 is 13.7. The lowest BCUT2D eigenvalue weighted by Gasteiger charge is -2.32. The van der Waals surface area contributed by atoms with Gasteiger partial charge in [-0.15, -0.1) is 0 Å². The van der Waals surface area contributed by atoms with E-state index in [2.05, 4.69) is 10.6 Å². The Morgan fingerprint density at radius 3 is 2.19 bits per heavy atom. The predicted molar refractivity (Wildman–Crippen MR) is 182 cm³/mol. The fourth-order valence-electron chi connectivity index (χ4n) is 5.19. The van der Waals surface area contributed by atoms with Crippen LogP contribution in [0.15, 0.2) is 78.9 Å². The Labute approximate surface area is 275 Å². The van der Waals surface area contributed by atoms with E-state index in [9.17, 15) is 23.6 Å². The maximum atomic E-state index is 14.2. The normalized spacial score (nSPS) is 13.6. The number of carbonyl (C=O) groups is 4. The van der Waals surface area contributed by atoms with Gasteiger partial charge in [-0.2, -0.15) is 0 Å². The molecule has 0 radical (unpaired) electrons. The molecular formula is C36H47FN6O4. The van der Waals surface area contributed by atoms with Crippen molar-refractivity contribution in [1.82, 2.24) is 15.5 Å². The average molecular weight is 647 g/mol. The van der Waals surface area contributed by atoms with Crippen molar-refractivity contribution >= 4 is 34.4 Å². The lowest BCUT2D eigenvalue weighted by atomic mass is 9.98. The molecule has 3 rings (SSSR count). The second-order valence-electron chi connectivity index (χ2n) is 12.6. The first-order chi connectivity index (χ1) is 22.3. The summed E-state index contributed by atoms with van der Waals surface area (Å²) in [6, 6.07) is 16.0. The molecule has 8 N–H and O–H groups in total. The number of carbonyl (C=O) groups excluding carboxylic acids is 4. The highest BCUT2D eigenvalue weighted by Crippen LogP contribution is 2.19. The first-order valence-electron chi connectivity index (χ1n) is 15.8. The van der Waals surface area contributed by atoms with E-state index in [4.69, 9.17) is 17.2 Å².